The van der Waals surface area contributed by atoms with Crippen molar-refractivity contribution >= 4 is 0 Å². The molecular weight excluding hydrogens is 212 g/mol. The summed E-state index contributed by atoms with van der Waals surface area (Å²) in [4.78, 5) is 0. The molecule has 1 fully saturated rings. The Morgan fingerprint density at radius 1 is 1.59 bits per heavy atom. The molecular formula is C15H26O2. The van der Waals surface area contributed by atoms with Gasteiger partial charge in [0.05, 0.1) is 12.2 Å². The van der Waals surface area contributed by atoms with Crippen molar-refractivity contribution in [2.45, 2.75) is 45.6 Å². The molecule has 0 bridgehead atoms. The smallest absolute Gasteiger partial charge is 0.0877 e. The predicted molar refractivity (Wildman–Crippen MR) is 71.7 cm³/mol. The van der Waals surface area contributed by atoms with Gasteiger partial charge >= 0.3 is 0 Å². The highest BCUT2D eigenvalue weighted by atomic mass is 16.3. The van der Waals surface area contributed by atoms with E-state index in [1.54, 1.807) is 6.92 Å². The van der Waals surface area contributed by atoms with E-state index in [0.717, 1.165) is 24.8 Å². The van der Waals surface area contributed by atoms with Gasteiger partial charge in [0.15, 0.2) is 0 Å². The van der Waals surface area contributed by atoms with Crippen molar-refractivity contribution in [2.75, 3.05) is 6.61 Å². The number of hydrogen-bond donors (Lipinski definition) is 2. The van der Waals surface area contributed by atoms with Gasteiger partial charge in [0.25, 0.3) is 0 Å². The summed E-state index contributed by atoms with van der Waals surface area (Å²) >= 11 is 0. The molecule has 0 aromatic carbocycles. The maximum atomic E-state index is 10.2. The van der Waals surface area contributed by atoms with Gasteiger partial charge in [-0.05, 0) is 50.4 Å². The van der Waals surface area contributed by atoms with Gasteiger partial charge in [0, 0.05) is 0 Å². The quantitative estimate of drug-likeness (QED) is 0.739. The summed E-state index contributed by atoms with van der Waals surface area (Å²) in [5.74, 6) is 0.485. The molecule has 0 radical (unpaired) electrons. The van der Waals surface area contributed by atoms with Crippen molar-refractivity contribution in [1.29, 1.82) is 0 Å². The predicted octanol–water partition coefficient (Wildman–Crippen LogP) is 2.91. The lowest BCUT2D eigenvalue weighted by Crippen LogP contribution is -2.45. The average Bonchev–Trinajstić information content (AvgIpc) is 2.28. The second-order valence-electron chi connectivity index (χ2n) is 6.10. The molecule has 0 saturated heterocycles. The fourth-order valence-electron chi connectivity index (χ4n) is 3.03. The average molecular weight is 238 g/mol. The molecule has 2 nitrogen and oxygen atoms in total. The van der Waals surface area contributed by atoms with E-state index in [-0.39, 0.29) is 17.9 Å². The zero-order valence-corrected chi connectivity index (χ0v) is 11.4. The summed E-state index contributed by atoms with van der Waals surface area (Å²) in [6.45, 7) is 13.8. The van der Waals surface area contributed by atoms with E-state index in [9.17, 15) is 10.2 Å². The Bertz CT molecular complexity index is 306. The Morgan fingerprint density at radius 2 is 2.18 bits per heavy atom. The van der Waals surface area contributed by atoms with Crippen molar-refractivity contribution in [2.24, 2.45) is 17.3 Å². The van der Waals surface area contributed by atoms with Gasteiger partial charge in [-0.25, -0.2) is 0 Å². The summed E-state index contributed by atoms with van der Waals surface area (Å²) in [6.07, 6.45) is 4.83. The fraction of sp³-hybridized carbons (Fsp3) is 0.733. The number of aliphatic hydroxyl groups excluding tert-OH is 1. The summed E-state index contributed by atoms with van der Waals surface area (Å²) in [5.41, 5.74) is 0.246. The van der Waals surface area contributed by atoms with E-state index in [1.807, 2.05) is 13.0 Å². The van der Waals surface area contributed by atoms with Crippen LogP contribution in [0.1, 0.15) is 40.0 Å². The van der Waals surface area contributed by atoms with Crippen LogP contribution in [0.3, 0.4) is 0 Å². The largest absolute Gasteiger partial charge is 0.393 e. The van der Waals surface area contributed by atoms with Gasteiger partial charge in [0.2, 0.25) is 0 Å². The van der Waals surface area contributed by atoms with Gasteiger partial charge in [-0.1, -0.05) is 25.2 Å². The van der Waals surface area contributed by atoms with Gasteiger partial charge in [0.1, 0.15) is 0 Å². The molecule has 0 unspecified atom stereocenters. The van der Waals surface area contributed by atoms with Gasteiger partial charge in [-0.15, -0.1) is 6.58 Å². The van der Waals surface area contributed by atoms with Crippen molar-refractivity contribution in [3.63, 3.8) is 0 Å². The molecule has 0 aliphatic heterocycles. The molecule has 0 spiro atoms. The van der Waals surface area contributed by atoms with Crippen LogP contribution in [0.2, 0.25) is 0 Å². The summed E-state index contributed by atoms with van der Waals surface area (Å²) in [5, 5.41) is 19.5. The van der Waals surface area contributed by atoms with E-state index in [1.165, 1.54) is 0 Å². The van der Waals surface area contributed by atoms with Gasteiger partial charge < -0.3 is 10.2 Å². The van der Waals surface area contributed by atoms with E-state index in [4.69, 9.17) is 0 Å². The lowest BCUT2D eigenvalue weighted by atomic mass is 9.60. The number of hydrogen-bond acceptors (Lipinski definition) is 2. The SMILES string of the molecule is C=C[C@]1(C)CC[C@@H]([C@](C)(O)CO)C[C@@H]1C(=C)C. The maximum absolute atomic E-state index is 10.2. The van der Waals surface area contributed by atoms with E-state index >= 15 is 0 Å². The molecule has 2 heteroatoms. The molecule has 1 aliphatic rings. The first-order valence-corrected chi connectivity index (χ1v) is 6.39. The van der Waals surface area contributed by atoms with Crippen LogP contribution in [0.15, 0.2) is 24.8 Å². The lowest BCUT2D eigenvalue weighted by molar-refractivity contribution is -0.0731. The first kappa shape index (κ1) is 14.5. The van der Waals surface area contributed by atoms with Crippen LogP contribution in [0.4, 0.5) is 0 Å². The van der Waals surface area contributed by atoms with Crippen LogP contribution in [0.25, 0.3) is 0 Å². The highest BCUT2D eigenvalue weighted by Crippen LogP contribution is 2.49. The molecule has 1 aliphatic carbocycles. The van der Waals surface area contributed by atoms with E-state index in [2.05, 4.69) is 20.1 Å². The highest BCUT2D eigenvalue weighted by molar-refractivity contribution is 5.13. The van der Waals surface area contributed by atoms with E-state index in [0.29, 0.717) is 5.92 Å². The minimum absolute atomic E-state index is 0.0773. The number of aliphatic hydroxyl groups is 2. The van der Waals surface area contributed by atoms with Crippen molar-refractivity contribution in [3.05, 3.63) is 24.8 Å². The Labute approximate surface area is 105 Å². The minimum atomic E-state index is -0.976. The highest BCUT2D eigenvalue weighted by Gasteiger charge is 2.43. The molecule has 2 N–H and O–H groups in total. The summed E-state index contributed by atoms with van der Waals surface area (Å²) in [7, 11) is 0. The van der Waals surface area contributed by atoms with Gasteiger partial charge in [-0.2, -0.15) is 0 Å². The van der Waals surface area contributed by atoms with Crippen LogP contribution >= 0.6 is 0 Å². The van der Waals surface area contributed by atoms with Crippen LogP contribution in [0.5, 0.6) is 0 Å². The molecule has 98 valence electrons. The van der Waals surface area contributed by atoms with Crippen LogP contribution in [-0.2, 0) is 0 Å². The Morgan fingerprint density at radius 3 is 2.59 bits per heavy atom. The van der Waals surface area contributed by atoms with Gasteiger partial charge in [-0.3, -0.25) is 0 Å². The molecule has 0 heterocycles. The standard InChI is InChI=1S/C15H26O2/c1-6-14(4)8-7-12(15(5,17)10-16)9-13(14)11(2)3/h6,12-13,16-17H,1-2,7-10H2,3-5H3/t12-,13-,14-,15-/m1/s1. The first-order valence-electron chi connectivity index (χ1n) is 6.39. The molecule has 0 amide bonds. The zero-order valence-electron chi connectivity index (χ0n) is 11.4. The van der Waals surface area contributed by atoms with Crippen LogP contribution in [0, 0.1) is 17.3 Å². The second-order valence-corrected chi connectivity index (χ2v) is 6.10. The third kappa shape index (κ3) is 2.80. The van der Waals surface area contributed by atoms with Crippen LogP contribution in [-0.4, -0.2) is 22.4 Å². The van der Waals surface area contributed by atoms with Crippen molar-refractivity contribution < 1.29 is 10.2 Å². The molecule has 0 aromatic rings. The Hall–Kier alpha value is -0.600. The third-order valence-electron chi connectivity index (χ3n) is 4.61. The molecule has 17 heavy (non-hydrogen) atoms. The maximum Gasteiger partial charge on any atom is 0.0877 e. The summed E-state index contributed by atoms with van der Waals surface area (Å²) in [6, 6.07) is 0. The van der Waals surface area contributed by atoms with Crippen molar-refractivity contribution in [3.8, 4) is 0 Å². The zero-order chi connectivity index (χ0) is 13.3. The molecule has 0 aromatic heterocycles. The number of rotatable bonds is 4. The Balaban J connectivity index is 2.90. The molecule has 1 saturated carbocycles. The topological polar surface area (TPSA) is 40.5 Å². The minimum Gasteiger partial charge on any atom is -0.393 e. The Kier molecular flexibility index (Phi) is 4.21. The molecule has 4 atom stereocenters. The van der Waals surface area contributed by atoms with E-state index < -0.39 is 5.60 Å². The molecule has 1 rings (SSSR count). The van der Waals surface area contributed by atoms with Crippen molar-refractivity contribution in [1.82, 2.24) is 0 Å². The first-order chi connectivity index (χ1) is 7.77. The monoisotopic (exact) mass is 238 g/mol. The number of allylic oxidation sites excluding steroid dienone is 2. The third-order valence-corrected chi connectivity index (χ3v) is 4.61. The normalized spacial score (nSPS) is 37.2. The second kappa shape index (κ2) is 4.95. The fourth-order valence-corrected chi connectivity index (χ4v) is 3.03. The lowest BCUT2D eigenvalue weighted by Gasteiger charge is -2.46. The summed E-state index contributed by atoms with van der Waals surface area (Å²) < 4.78 is 0. The van der Waals surface area contributed by atoms with Crippen LogP contribution < -0.4 is 0 Å².